The first-order valence-electron chi connectivity index (χ1n) is 6.05. The molecule has 9 heteroatoms. The summed E-state index contributed by atoms with van der Waals surface area (Å²) in [4.78, 5) is 35.0. The Hall–Kier alpha value is -1.87. The minimum absolute atomic E-state index is 0.0165. The van der Waals surface area contributed by atoms with Gasteiger partial charge in [0.1, 0.15) is 0 Å². The number of aliphatic hydroxyl groups is 1. The Morgan fingerprint density at radius 3 is 2.75 bits per heavy atom. The average Bonchev–Trinajstić information content (AvgIpc) is 2.44. The fraction of sp³-hybridized carbons (Fsp3) is 0.727. The van der Waals surface area contributed by atoms with Crippen molar-refractivity contribution in [3.05, 3.63) is 0 Å². The number of ether oxygens (including phenoxy) is 2. The maximum absolute atomic E-state index is 11.8. The van der Waals surface area contributed by atoms with Crippen LogP contribution in [-0.4, -0.2) is 78.6 Å². The van der Waals surface area contributed by atoms with E-state index >= 15 is 0 Å². The molecule has 0 aromatic rings. The number of nitrogens with one attached hydrogen (secondary N) is 1. The van der Waals surface area contributed by atoms with Crippen molar-refractivity contribution >= 4 is 18.0 Å². The lowest BCUT2D eigenvalue weighted by Gasteiger charge is -2.33. The van der Waals surface area contributed by atoms with E-state index in [0.717, 1.165) is 0 Å². The average molecular weight is 290 g/mol. The van der Waals surface area contributed by atoms with E-state index in [1.54, 1.807) is 0 Å². The highest BCUT2D eigenvalue weighted by Crippen LogP contribution is 2.09. The predicted octanol–water partition coefficient (Wildman–Crippen LogP) is -1.59. The van der Waals surface area contributed by atoms with Gasteiger partial charge in [-0.2, -0.15) is 0 Å². The SMILES string of the molecule is COC(=O)CC1CN(C(=O)N[C@H](CO)C(=O)O)CCO1. The summed E-state index contributed by atoms with van der Waals surface area (Å²) in [5.74, 6) is -1.77. The molecule has 0 aromatic heterocycles. The van der Waals surface area contributed by atoms with Crippen LogP contribution in [0.3, 0.4) is 0 Å². The number of carbonyl (C=O) groups excluding carboxylic acids is 2. The summed E-state index contributed by atoms with van der Waals surface area (Å²) in [5, 5.41) is 19.8. The number of aliphatic hydroxyl groups excluding tert-OH is 1. The monoisotopic (exact) mass is 290 g/mol. The predicted molar refractivity (Wildman–Crippen MR) is 65.0 cm³/mol. The molecule has 9 nitrogen and oxygen atoms in total. The van der Waals surface area contributed by atoms with E-state index in [-0.39, 0.29) is 26.1 Å². The third-order valence-corrected chi connectivity index (χ3v) is 2.83. The summed E-state index contributed by atoms with van der Waals surface area (Å²) in [6.07, 6.45) is -0.470. The highest BCUT2D eigenvalue weighted by Gasteiger charge is 2.28. The molecule has 2 amide bonds. The summed E-state index contributed by atoms with van der Waals surface area (Å²) >= 11 is 0. The Morgan fingerprint density at radius 2 is 2.20 bits per heavy atom. The number of nitrogens with zero attached hydrogens (tertiary/aromatic N) is 1. The van der Waals surface area contributed by atoms with Crippen molar-refractivity contribution in [3.8, 4) is 0 Å². The molecule has 1 aliphatic rings. The Bertz CT molecular complexity index is 374. The topological polar surface area (TPSA) is 125 Å². The van der Waals surface area contributed by atoms with E-state index in [9.17, 15) is 14.4 Å². The van der Waals surface area contributed by atoms with Gasteiger partial charge in [-0.15, -0.1) is 0 Å². The molecule has 1 aliphatic heterocycles. The first-order valence-corrected chi connectivity index (χ1v) is 6.05. The van der Waals surface area contributed by atoms with Gasteiger partial charge in [-0.1, -0.05) is 0 Å². The highest BCUT2D eigenvalue weighted by atomic mass is 16.5. The highest BCUT2D eigenvalue weighted by molar-refractivity contribution is 5.82. The number of hydrogen-bond donors (Lipinski definition) is 3. The molecular weight excluding hydrogens is 272 g/mol. The van der Waals surface area contributed by atoms with Gasteiger partial charge in [-0.25, -0.2) is 9.59 Å². The van der Waals surface area contributed by atoms with Crippen LogP contribution in [0.15, 0.2) is 0 Å². The third kappa shape index (κ3) is 4.67. The van der Waals surface area contributed by atoms with E-state index in [0.29, 0.717) is 0 Å². The lowest BCUT2D eigenvalue weighted by Crippen LogP contribution is -2.54. The van der Waals surface area contributed by atoms with Gasteiger partial charge in [0.25, 0.3) is 0 Å². The molecule has 20 heavy (non-hydrogen) atoms. The maximum atomic E-state index is 11.8. The fourth-order valence-corrected chi connectivity index (χ4v) is 1.72. The zero-order chi connectivity index (χ0) is 15.1. The number of carbonyl (C=O) groups is 3. The number of methoxy groups -OCH3 is 1. The molecule has 0 bridgehead atoms. The van der Waals surface area contributed by atoms with Crippen molar-refractivity contribution in [1.29, 1.82) is 0 Å². The quantitative estimate of drug-likeness (QED) is 0.521. The van der Waals surface area contributed by atoms with E-state index in [2.05, 4.69) is 10.1 Å². The lowest BCUT2D eigenvalue weighted by molar-refractivity contribution is -0.145. The smallest absolute Gasteiger partial charge is 0.328 e. The molecule has 2 atom stereocenters. The number of hydrogen-bond acceptors (Lipinski definition) is 6. The van der Waals surface area contributed by atoms with Crippen LogP contribution in [0.5, 0.6) is 0 Å². The van der Waals surface area contributed by atoms with Crippen molar-refractivity contribution in [2.45, 2.75) is 18.6 Å². The van der Waals surface area contributed by atoms with E-state index in [4.69, 9.17) is 14.9 Å². The first kappa shape index (κ1) is 16.2. The molecule has 0 spiro atoms. The second kappa shape index (κ2) is 7.65. The van der Waals surface area contributed by atoms with Crippen LogP contribution in [0.4, 0.5) is 4.79 Å². The molecule has 0 saturated carbocycles. The van der Waals surface area contributed by atoms with Gasteiger partial charge >= 0.3 is 18.0 Å². The molecule has 0 aromatic carbocycles. The van der Waals surface area contributed by atoms with Crippen molar-refractivity contribution in [2.75, 3.05) is 33.4 Å². The minimum atomic E-state index is -1.36. The molecule has 1 heterocycles. The Kier molecular flexibility index (Phi) is 6.19. The minimum Gasteiger partial charge on any atom is -0.480 e. The van der Waals surface area contributed by atoms with E-state index in [1.807, 2.05) is 0 Å². The van der Waals surface area contributed by atoms with Crippen LogP contribution in [0.2, 0.25) is 0 Å². The van der Waals surface area contributed by atoms with Crippen LogP contribution < -0.4 is 5.32 Å². The molecule has 1 saturated heterocycles. The molecule has 1 fully saturated rings. The zero-order valence-corrected chi connectivity index (χ0v) is 11.1. The van der Waals surface area contributed by atoms with Crippen molar-refractivity contribution in [2.24, 2.45) is 0 Å². The molecule has 1 rings (SSSR count). The van der Waals surface area contributed by atoms with Crippen molar-refractivity contribution in [1.82, 2.24) is 10.2 Å². The third-order valence-electron chi connectivity index (χ3n) is 2.83. The summed E-state index contributed by atoms with van der Waals surface area (Å²) < 4.78 is 9.83. The number of amides is 2. The van der Waals surface area contributed by atoms with Crippen LogP contribution in [0.1, 0.15) is 6.42 Å². The van der Waals surface area contributed by atoms with E-state index < -0.39 is 36.7 Å². The largest absolute Gasteiger partial charge is 0.480 e. The summed E-state index contributed by atoms with van der Waals surface area (Å²) in [5.41, 5.74) is 0. The summed E-state index contributed by atoms with van der Waals surface area (Å²) in [7, 11) is 1.26. The number of morpholine rings is 1. The number of carboxylic acids is 1. The Balaban J connectivity index is 2.51. The van der Waals surface area contributed by atoms with Crippen molar-refractivity contribution < 1.29 is 34.1 Å². The van der Waals surface area contributed by atoms with Gasteiger partial charge in [-0.05, 0) is 0 Å². The molecular formula is C11H18N2O7. The molecule has 114 valence electrons. The number of carboxylic acid groups (broad SMARTS) is 1. The molecule has 1 unspecified atom stereocenters. The number of urea groups is 1. The maximum Gasteiger partial charge on any atom is 0.328 e. The van der Waals surface area contributed by atoms with Crippen LogP contribution in [0.25, 0.3) is 0 Å². The van der Waals surface area contributed by atoms with Gasteiger partial charge in [0.15, 0.2) is 6.04 Å². The number of esters is 1. The lowest BCUT2D eigenvalue weighted by atomic mass is 10.2. The van der Waals surface area contributed by atoms with Crippen molar-refractivity contribution in [3.63, 3.8) is 0 Å². The Morgan fingerprint density at radius 1 is 1.50 bits per heavy atom. The summed E-state index contributed by atoms with van der Waals surface area (Å²) in [6, 6.07) is -1.98. The number of rotatable bonds is 5. The van der Waals surface area contributed by atoms with Gasteiger partial charge in [0.2, 0.25) is 0 Å². The molecule has 3 N–H and O–H groups in total. The van der Waals surface area contributed by atoms with Crippen LogP contribution in [0, 0.1) is 0 Å². The van der Waals surface area contributed by atoms with Gasteiger partial charge < -0.3 is 29.9 Å². The summed E-state index contributed by atoms with van der Waals surface area (Å²) in [6.45, 7) is -0.0249. The number of aliphatic carboxylic acids is 1. The molecule has 0 radical (unpaired) electrons. The van der Waals surface area contributed by atoms with Crippen LogP contribution in [-0.2, 0) is 19.1 Å². The van der Waals surface area contributed by atoms with Crippen LogP contribution >= 0.6 is 0 Å². The first-order chi connectivity index (χ1) is 9.47. The normalized spacial score (nSPS) is 20.1. The van der Waals surface area contributed by atoms with Gasteiger partial charge in [0, 0.05) is 13.1 Å². The molecule has 0 aliphatic carbocycles. The van der Waals surface area contributed by atoms with Gasteiger partial charge in [0.05, 0.1) is 32.8 Å². The zero-order valence-electron chi connectivity index (χ0n) is 11.1. The fourth-order valence-electron chi connectivity index (χ4n) is 1.72. The second-order valence-corrected chi connectivity index (χ2v) is 4.24. The standard InChI is InChI=1S/C11H18N2O7/c1-19-9(15)4-7-5-13(2-3-20-7)11(18)12-8(6-14)10(16)17/h7-8,14H,2-6H2,1H3,(H,12,18)(H,16,17)/t7?,8-/m1/s1. The Labute approximate surface area is 115 Å². The van der Waals surface area contributed by atoms with Gasteiger partial charge in [-0.3, -0.25) is 4.79 Å². The van der Waals surface area contributed by atoms with E-state index in [1.165, 1.54) is 12.0 Å². The second-order valence-electron chi connectivity index (χ2n) is 4.24.